The molecule has 0 aromatic heterocycles. The van der Waals surface area contributed by atoms with Gasteiger partial charge in [0.2, 0.25) is 0 Å². The third kappa shape index (κ3) is 8.89. The van der Waals surface area contributed by atoms with Crippen LogP contribution in [0.5, 0.6) is 0 Å². The summed E-state index contributed by atoms with van der Waals surface area (Å²) in [5.41, 5.74) is 1.61. The van der Waals surface area contributed by atoms with Gasteiger partial charge in [-0.15, -0.1) is 0 Å². The minimum absolute atomic E-state index is 0.313. The van der Waals surface area contributed by atoms with E-state index in [1.165, 1.54) is 6.07 Å². The fourth-order valence-corrected chi connectivity index (χ4v) is 3.49. The molecule has 0 radical (unpaired) electrons. The van der Waals surface area contributed by atoms with Crippen molar-refractivity contribution in [3.05, 3.63) is 53.6 Å². The Kier molecular flexibility index (Phi) is 11.8. The van der Waals surface area contributed by atoms with E-state index < -0.39 is 11.7 Å². The number of aliphatic imine (C=N–C) groups is 1. The minimum Gasteiger partial charge on any atom is -0.258 e. The molecule has 1 atom stereocenters. The van der Waals surface area contributed by atoms with Crippen molar-refractivity contribution in [3.63, 3.8) is 0 Å². The van der Waals surface area contributed by atoms with E-state index in [0.717, 1.165) is 50.7 Å². The van der Waals surface area contributed by atoms with Crippen molar-refractivity contribution < 1.29 is 13.2 Å². The summed E-state index contributed by atoms with van der Waals surface area (Å²) < 4.78 is 41.0. The average Bonchev–Trinajstić information content (AvgIpc) is 2.71. The number of alkyl halides is 3. The lowest BCUT2D eigenvalue weighted by Gasteiger charge is -2.16. The van der Waals surface area contributed by atoms with E-state index in [9.17, 15) is 13.2 Å². The molecule has 0 aliphatic rings. The zero-order chi connectivity index (χ0) is 22.6. The normalized spacial score (nSPS) is 13.8. The molecule has 1 rings (SSSR count). The lowest BCUT2D eigenvalue weighted by atomic mass is 9.96. The van der Waals surface area contributed by atoms with Crippen molar-refractivity contribution in [2.45, 2.75) is 91.7 Å². The highest BCUT2D eigenvalue weighted by Crippen LogP contribution is 2.35. The van der Waals surface area contributed by atoms with Gasteiger partial charge >= 0.3 is 6.18 Å². The molecule has 168 valence electrons. The Labute approximate surface area is 181 Å². The molecule has 1 aromatic rings. The molecule has 1 aromatic carbocycles. The van der Waals surface area contributed by atoms with Gasteiger partial charge in [-0.25, -0.2) is 0 Å². The molecule has 0 heterocycles. The molecule has 4 heteroatoms. The second-order valence-electron chi connectivity index (χ2n) is 7.97. The molecule has 0 aliphatic heterocycles. The molecule has 0 aliphatic carbocycles. The van der Waals surface area contributed by atoms with Gasteiger partial charge in [-0.3, -0.25) is 4.99 Å². The number of aryl methyl sites for hydroxylation is 1. The van der Waals surface area contributed by atoms with Gasteiger partial charge in [-0.05, 0) is 49.7 Å². The number of benzene rings is 1. The molecular formula is C26H38F3N. The Morgan fingerprint density at radius 2 is 1.73 bits per heavy atom. The van der Waals surface area contributed by atoms with Crippen molar-refractivity contribution in [2.24, 2.45) is 10.9 Å². The first-order valence-electron chi connectivity index (χ1n) is 11.4. The summed E-state index contributed by atoms with van der Waals surface area (Å²) in [6, 6.07) is 4.53. The van der Waals surface area contributed by atoms with E-state index in [0.29, 0.717) is 35.6 Å². The lowest BCUT2D eigenvalue weighted by molar-refractivity contribution is -0.138. The third-order valence-corrected chi connectivity index (χ3v) is 5.42. The van der Waals surface area contributed by atoms with Gasteiger partial charge in [0.15, 0.2) is 0 Å². The Morgan fingerprint density at radius 1 is 1.07 bits per heavy atom. The molecule has 0 saturated heterocycles. The summed E-state index contributed by atoms with van der Waals surface area (Å²) in [6.07, 6.45) is 7.91. The number of hydrogen-bond acceptors (Lipinski definition) is 1. The predicted molar refractivity (Wildman–Crippen MR) is 124 cm³/mol. The molecule has 1 unspecified atom stereocenters. The van der Waals surface area contributed by atoms with Gasteiger partial charge in [-0.2, -0.15) is 13.2 Å². The number of halogens is 3. The molecular weight excluding hydrogens is 383 g/mol. The first-order valence-corrected chi connectivity index (χ1v) is 11.4. The van der Waals surface area contributed by atoms with Crippen LogP contribution >= 0.6 is 0 Å². The quantitative estimate of drug-likeness (QED) is 0.171. The van der Waals surface area contributed by atoms with Gasteiger partial charge in [-0.1, -0.05) is 84.2 Å². The molecule has 1 nitrogen and oxygen atoms in total. The number of allylic oxidation sites excluding steroid dienone is 2. The molecule has 0 N–H and O–H groups in total. The topological polar surface area (TPSA) is 12.4 Å². The van der Waals surface area contributed by atoms with Gasteiger partial charge < -0.3 is 0 Å². The largest absolute Gasteiger partial charge is 0.416 e. The molecule has 0 bridgehead atoms. The van der Waals surface area contributed by atoms with Crippen LogP contribution in [0, 0.1) is 5.92 Å². The van der Waals surface area contributed by atoms with E-state index >= 15 is 0 Å². The van der Waals surface area contributed by atoms with Crippen molar-refractivity contribution in [1.29, 1.82) is 0 Å². The van der Waals surface area contributed by atoms with Crippen LogP contribution < -0.4 is 0 Å². The number of unbranched alkanes of at least 4 members (excludes halogenated alkanes) is 3. The van der Waals surface area contributed by atoms with E-state index in [2.05, 4.69) is 38.4 Å². The predicted octanol–water partition coefficient (Wildman–Crippen LogP) is 9.03. The van der Waals surface area contributed by atoms with E-state index in [4.69, 9.17) is 0 Å². The Hall–Kier alpha value is -1.84. The first-order chi connectivity index (χ1) is 14.2. The van der Waals surface area contributed by atoms with Crippen LogP contribution in [0.4, 0.5) is 13.2 Å². The van der Waals surface area contributed by atoms with E-state index in [-0.39, 0.29) is 0 Å². The summed E-state index contributed by atoms with van der Waals surface area (Å²) in [6.45, 7) is 12.4. The second kappa shape index (κ2) is 13.5. The first kappa shape index (κ1) is 26.2. The van der Waals surface area contributed by atoms with Crippen molar-refractivity contribution in [1.82, 2.24) is 0 Å². The fraction of sp³-hybridized carbons (Fsp3) is 0.577. The number of hydrogen-bond donors (Lipinski definition) is 0. The smallest absolute Gasteiger partial charge is 0.258 e. The Morgan fingerprint density at radius 3 is 2.33 bits per heavy atom. The fourth-order valence-electron chi connectivity index (χ4n) is 3.49. The summed E-state index contributed by atoms with van der Waals surface area (Å²) >= 11 is 0. The van der Waals surface area contributed by atoms with Crippen LogP contribution in [0.2, 0.25) is 0 Å². The summed E-state index contributed by atoms with van der Waals surface area (Å²) in [5, 5.41) is 0. The van der Waals surface area contributed by atoms with Crippen LogP contribution in [-0.4, -0.2) is 5.71 Å². The molecule has 0 amide bonds. The van der Waals surface area contributed by atoms with Crippen molar-refractivity contribution in [3.8, 4) is 0 Å². The van der Waals surface area contributed by atoms with Crippen molar-refractivity contribution in [2.75, 3.05) is 0 Å². The number of nitrogens with zero attached hydrogens (tertiary/aromatic N) is 1. The van der Waals surface area contributed by atoms with Crippen LogP contribution in [0.3, 0.4) is 0 Å². The van der Waals surface area contributed by atoms with Gasteiger partial charge in [0.05, 0.1) is 11.3 Å². The molecule has 30 heavy (non-hydrogen) atoms. The monoisotopic (exact) mass is 421 g/mol. The Balaban J connectivity index is 3.02. The zero-order valence-electron chi connectivity index (χ0n) is 19.1. The number of rotatable bonds is 13. The molecule has 0 fully saturated rings. The van der Waals surface area contributed by atoms with Gasteiger partial charge in [0.25, 0.3) is 0 Å². The van der Waals surface area contributed by atoms with Gasteiger partial charge in [0.1, 0.15) is 0 Å². The highest BCUT2D eigenvalue weighted by molar-refractivity contribution is 5.91. The van der Waals surface area contributed by atoms with Crippen molar-refractivity contribution >= 4 is 11.4 Å². The maximum atomic E-state index is 13.7. The van der Waals surface area contributed by atoms with Crippen LogP contribution in [0.1, 0.15) is 95.8 Å². The van der Waals surface area contributed by atoms with E-state index in [1.54, 1.807) is 12.1 Å². The maximum Gasteiger partial charge on any atom is 0.416 e. The highest BCUT2D eigenvalue weighted by Gasteiger charge is 2.33. The van der Waals surface area contributed by atoms with E-state index in [1.807, 2.05) is 13.0 Å². The highest BCUT2D eigenvalue weighted by atomic mass is 19.4. The molecule has 0 spiro atoms. The Bertz CT molecular complexity index is 713. The maximum absolute atomic E-state index is 13.7. The van der Waals surface area contributed by atoms with Crippen LogP contribution in [-0.2, 0) is 12.6 Å². The van der Waals surface area contributed by atoms with Crippen LogP contribution in [0.15, 0.2) is 41.9 Å². The summed E-state index contributed by atoms with van der Waals surface area (Å²) in [4.78, 5) is 4.62. The van der Waals surface area contributed by atoms with Crippen LogP contribution in [0.25, 0.3) is 5.70 Å². The lowest BCUT2D eigenvalue weighted by Crippen LogP contribution is -2.11. The standard InChI is InChI=1S/C26H38F3N/c1-6-9-11-12-13-14-16-22-17-18-23(19-24(22)26(27,28)29)21(5)30-25(8-3)20(4)15-10-7-2/h12-13,17-20H,5-11,14-16H2,1-4H3/b13-12+,30-25?. The SMILES string of the molecule is C=C(N=C(CC)C(C)CCCC)c1ccc(CC/C=C/CCCC)c(C(F)(F)F)c1. The minimum atomic E-state index is -4.39. The zero-order valence-corrected chi connectivity index (χ0v) is 19.1. The second-order valence-corrected chi connectivity index (χ2v) is 7.97. The third-order valence-electron chi connectivity index (χ3n) is 5.42. The average molecular weight is 422 g/mol. The van der Waals surface area contributed by atoms with Gasteiger partial charge in [0, 0.05) is 11.3 Å². The molecule has 0 saturated carbocycles. The summed E-state index contributed by atoms with van der Waals surface area (Å²) in [5.74, 6) is 0.313. The summed E-state index contributed by atoms with van der Waals surface area (Å²) in [7, 11) is 0.